The van der Waals surface area contributed by atoms with Gasteiger partial charge in [0.1, 0.15) is 11.3 Å². The van der Waals surface area contributed by atoms with Crippen LogP contribution < -0.4 is 0 Å². The summed E-state index contributed by atoms with van der Waals surface area (Å²) in [5, 5.41) is 19.4. The van der Waals surface area contributed by atoms with E-state index in [0.717, 1.165) is 51.1 Å². The van der Waals surface area contributed by atoms with Crippen LogP contribution in [0.2, 0.25) is 0 Å². The summed E-state index contributed by atoms with van der Waals surface area (Å²) in [5.41, 5.74) is -0.303. The number of amides is 1. The summed E-state index contributed by atoms with van der Waals surface area (Å²) in [5.74, 6) is 1.51. The van der Waals surface area contributed by atoms with Gasteiger partial charge < -0.3 is 19.5 Å². The van der Waals surface area contributed by atoms with E-state index in [-0.39, 0.29) is 18.1 Å². The second-order valence-electron chi connectivity index (χ2n) is 9.95. The van der Waals surface area contributed by atoms with Gasteiger partial charge in [0.15, 0.2) is 0 Å². The standard InChI is InChI=1S/C22H34N4O4/c1-29-14-18-12-26(24-23-18)19-8-16-10-25(21(27)22(28)6-2-3-7-22)11-17(16)9-20(19)30-13-15-4-5-15/h12,15-17,19-20,28H,2-11,13-14H2,1H3/t16-,17+,19-,20-/m1/s1. The van der Waals surface area contributed by atoms with Crippen LogP contribution >= 0.6 is 0 Å². The molecule has 0 aromatic carbocycles. The van der Waals surface area contributed by atoms with Gasteiger partial charge in [-0.15, -0.1) is 5.10 Å². The molecule has 166 valence electrons. The Morgan fingerprint density at radius 3 is 2.67 bits per heavy atom. The van der Waals surface area contributed by atoms with Crippen molar-refractivity contribution >= 4 is 5.91 Å². The molecular formula is C22H34N4O4. The number of aliphatic hydroxyl groups is 1. The molecule has 8 nitrogen and oxygen atoms in total. The number of hydrogen-bond donors (Lipinski definition) is 1. The van der Waals surface area contributed by atoms with E-state index in [1.54, 1.807) is 7.11 Å². The Hall–Kier alpha value is -1.51. The van der Waals surface area contributed by atoms with Gasteiger partial charge in [-0.1, -0.05) is 5.21 Å². The maximum atomic E-state index is 13.0. The molecule has 0 unspecified atom stereocenters. The van der Waals surface area contributed by atoms with Crippen molar-refractivity contribution in [1.29, 1.82) is 0 Å². The van der Waals surface area contributed by atoms with E-state index in [1.165, 1.54) is 12.8 Å². The number of nitrogens with zero attached hydrogens (tertiary/aromatic N) is 4. The molecule has 4 fully saturated rings. The van der Waals surface area contributed by atoms with E-state index in [0.29, 0.717) is 37.2 Å². The first-order valence-corrected chi connectivity index (χ1v) is 11.6. The molecule has 4 atom stereocenters. The largest absolute Gasteiger partial charge is 0.380 e. The number of ether oxygens (including phenoxy) is 2. The third-order valence-corrected chi connectivity index (χ3v) is 7.63. The number of carbonyl (C=O) groups is 1. The van der Waals surface area contributed by atoms with Gasteiger partial charge >= 0.3 is 0 Å². The highest BCUT2D eigenvalue weighted by atomic mass is 16.5. The van der Waals surface area contributed by atoms with E-state index in [2.05, 4.69) is 10.3 Å². The molecule has 0 radical (unpaired) electrons. The third-order valence-electron chi connectivity index (χ3n) is 7.63. The molecule has 1 saturated heterocycles. The molecule has 0 spiro atoms. The van der Waals surface area contributed by atoms with Crippen LogP contribution in [0.1, 0.15) is 63.1 Å². The van der Waals surface area contributed by atoms with Gasteiger partial charge in [0.2, 0.25) is 0 Å². The number of likely N-dealkylation sites (tertiary alicyclic amines) is 1. The fraction of sp³-hybridized carbons (Fsp3) is 0.864. The van der Waals surface area contributed by atoms with Crippen molar-refractivity contribution in [3.8, 4) is 0 Å². The van der Waals surface area contributed by atoms with Crippen LogP contribution in [0.25, 0.3) is 0 Å². The topological polar surface area (TPSA) is 89.7 Å². The molecular weight excluding hydrogens is 384 g/mol. The van der Waals surface area contributed by atoms with Crippen molar-refractivity contribution < 1.29 is 19.4 Å². The molecule has 1 amide bonds. The normalized spacial score (nSPS) is 33.1. The van der Waals surface area contributed by atoms with Crippen molar-refractivity contribution in [3.05, 3.63) is 11.9 Å². The summed E-state index contributed by atoms with van der Waals surface area (Å²) in [7, 11) is 1.66. The summed E-state index contributed by atoms with van der Waals surface area (Å²) < 4.78 is 13.5. The first kappa shape index (κ1) is 20.4. The zero-order valence-electron chi connectivity index (χ0n) is 17.9. The maximum Gasteiger partial charge on any atom is 0.254 e. The molecule has 4 aliphatic rings. The van der Waals surface area contributed by atoms with Gasteiger partial charge in [0.25, 0.3) is 5.91 Å². The molecule has 1 aliphatic heterocycles. The summed E-state index contributed by atoms with van der Waals surface area (Å²) in [6.45, 7) is 2.75. The summed E-state index contributed by atoms with van der Waals surface area (Å²) in [6.07, 6.45) is 9.56. The van der Waals surface area contributed by atoms with E-state index >= 15 is 0 Å². The lowest BCUT2D eigenvalue weighted by molar-refractivity contribution is -0.149. The molecule has 1 aromatic rings. The van der Waals surface area contributed by atoms with Gasteiger partial charge in [-0.05, 0) is 69.1 Å². The second kappa shape index (κ2) is 8.20. The second-order valence-corrected chi connectivity index (χ2v) is 9.95. The van der Waals surface area contributed by atoms with Gasteiger partial charge in [-0.2, -0.15) is 0 Å². The molecule has 3 aliphatic carbocycles. The highest BCUT2D eigenvalue weighted by Crippen LogP contribution is 2.44. The number of methoxy groups -OCH3 is 1. The lowest BCUT2D eigenvalue weighted by atomic mass is 9.77. The maximum absolute atomic E-state index is 13.0. The lowest BCUT2D eigenvalue weighted by Crippen LogP contribution is -2.46. The Balaban J connectivity index is 1.30. The quantitative estimate of drug-likeness (QED) is 0.728. The Kier molecular flexibility index (Phi) is 5.58. The minimum atomic E-state index is -1.13. The van der Waals surface area contributed by atoms with E-state index in [9.17, 15) is 9.90 Å². The predicted molar refractivity (Wildman–Crippen MR) is 108 cm³/mol. The Bertz CT molecular complexity index is 758. The van der Waals surface area contributed by atoms with Gasteiger partial charge in [-0.3, -0.25) is 4.79 Å². The van der Waals surface area contributed by atoms with Crippen LogP contribution in [0.15, 0.2) is 6.20 Å². The summed E-state index contributed by atoms with van der Waals surface area (Å²) in [4.78, 5) is 15.0. The first-order valence-electron chi connectivity index (χ1n) is 11.6. The molecule has 1 N–H and O–H groups in total. The van der Waals surface area contributed by atoms with Crippen LogP contribution in [-0.2, 0) is 20.9 Å². The fourth-order valence-electron chi connectivity index (χ4n) is 5.72. The molecule has 2 heterocycles. The molecule has 1 aromatic heterocycles. The zero-order chi connectivity index (χ0) is 20.7. The zero-order valence-corrected chi connectivity index (χ0v) is 17.9. The Labute approximate surface area is 177 Å². The highest BCUT2D eigenvalue weighted by molar-refractivity contribution is 5.85. The molecule has 3 saturated carbocycles. The Morgan fingerprint density at radius 1 is 1.23 bits per heavy atom. The number of rotatable bonds is 7. The van der Waals surface area contributed by atoms with Crippen LogP contribution in [0, 0.1) is 17.8 Å². The van der Waals surface area contributed by atoms with E-state index in [4.69, 9.17) is 9.47 Å². The summed E-state index contributed by atoms with van der Waals surface area (Å²) >= 11 is 0. The number of aromatic nitrogens is 3. The van der Waals surface area contributed by atoms with Crippen molar-refractivity contribution in [1.82, 2.24) is 19.9 Å². The predicted octanol–water partition coefficient (Wildman–Crippen LogP) is 1.93. The average molecular weight is 419 g/mol. The van der Waals surface area contributed by atoms with Gasteiger partial charge in [0.05, 0.1) is 24.9 Å². The number of fused-ring (bicyclic) bond motifs is 1. The minimum Gasteiger partial charge on any atom is -0.380 e. The number of carbonyl (C=O) groups excluding carboxylic acids is 1. The number of hydrogen-bond acceptors (Lipinski definition) is 6. The highest BCUT2D eigenvalue weighted by Gasteiger charge is 2.49. The van der Waals surface area contributed by atoms with Crippen molar-refractivity contribution in [2.24, 2.45) is 17.8 Å². The van der Waals surface area contributed by atoms with E-state index < -0.39 is 5.60 Å². The average Bonchev–Trinajstić information content (AvgIpc) is 3.11. The Morgan fingerprint density at radius 2 is 1.97 bits per heavy atom. The molecule has 8 heteroatoms. The van der Waals surface area contributed by atoms with Crippen molar-refractivity contribution in [2.75, 3.05) is 26.8 Å². The molecule has 0 bridgehead atoms. The summed E-state index contributed by atoms with van der Waals surface area (Å²) in [6, 6.07) is 0.132. The van der Waals surface area contributed by atoms with E-state index in [1.807, 2.05) is 15.8 Å². The minimum absolute atomic E-state index is 0.0514. The van der Waals surface area contributed by atoms with Gasteiger partial charge in [0, 0.05) is 26.8 Å². The van der Waals surface area contributed by atoms with Crippen LogP contribution in [-0.4, -0.2) is 69.4 Å². The van der Waals surface area contributed by atoms with Gasteiger partial charge in [-0.25, -0.2) is 4.68 Å². The van der Waals surface area contributed by atoms with Crippen LogP contribution in [0.3, 0.4) is 0 Å². The smallest absolute Gasteiger partial charge is 0.254 e. The SMILES string of the molecule is COCc1cn([C@@H]2C[C@@H]3CN(C(=O)C4(O)CCCC4)C[C@@H]3C[C@H]2OCC2CC2)nn1. The third kappa shape index (κ3) is 4.01. The van der Waals surface area contributed by atoms with Crippen LogP contribution in [0.5, 0.6) is 0 Å². The van der Waals surface area contributed by atoms with Crippen molar-refractivity contribution in [3.63, 3.8) is 0 Å². The molecule has 5 rings (SSSR count). The van der Waals surface area contributed by atoms with Crippen molar-refractivity contribution in [2.45, 2.75) is 75.7 Å². The monoisotopic (exact) mass is 418 g/mol. The fourth-order valence-corrected chi connectivity index (χ4v) is 5.72. The first-order chi connectivity index (χ1) is 14.6. The lowest BCUT2D eigenvalue weighted by Gasteiger charge is -2.37. The van der Waals surface area contributed by atoms with Crippen LogP contribution in [0.4, 0.5) is 0 Å². The molecule has 30 heavy (non-hydrogen) atoms.